The number of aliphatic imine (C=N–C) groups is 1. The van der Waals surface area contributed by atoms with Crippen LogP contribution in [0.25, 0.3) is 40.2 Å². The van der Waals surface area contributed by atoms with Crippen LogP contribution in [0.2, 0.25) is 0 Å². The second-order valence-corrected chi connectivity index (χ2v) is 13.8. The Labute approximate surface area is 309 Å². The van der Waals surface area contributed by atoms with E-state index in [0.29, 0.717) is 0 Å². The van der Waals surface area contributed by atoms with Gasteiger partial charge in [0.2, 0.25) is 0 Å². The van der Waals surface area contributed by atoms with Gasteiger partial charge in [0.1, 0.15) is 6.10 Å². The van der Waals surface area contributed by atoms with Gasteiger partial charge in [0.15, 0.2) is 0 Å². The number of methoxy groups -OCH3 is 1. The molecule has 0 unspecified atom stereocenters. The van der Waals surface area contributed by atoms with Crippen molar-refractivity contribution in [2.75, 3.05) is 7.11 Å². The predicted molar refractivity (Wildman–Crippen MR) is 215 cm³/mol. The van der Waals surface area contributed by atoms with Gasteiger partial charge in [0.25, 0.3) is 0 Å². The Morgan fingerprint density at radius 3 is 1.42 bits per heavy atom. The molecule has 7 heterocycles. The smallest absolute Gasteiger partial charge is 0.137 e. The van der Waals surface area contributed by atoms with E-state index in [4.69, 9.17) is 19.7 Å². The van der Waals surface area contributed by atoms with Crippen molar-refractivity contribution in [1.82, 2.24) is 24.9 Å². The minimum atomic E-state index is -0.307. The van der Waals surface area contributed by atoms with Gasteiger partial charge in [0.05, 0.1) is 62.7 Å². The van der Waals surface area contributed by atoms with Crippen molar-refractivity contribution in [2.24, 2.45) is 4.99 Å². The molecule has 0 aromatic carbocycles. The summed E-state index contributed by atoms with van der Waals surface area (Å²) in [5.41, 5.74) is 22.7. The molecule has 0 saturated heterocycles. The van der Waals surface area contributed by atoms with E-state index in [1.54, 1.807) is 0 Å². The summed E-state index contributed by atoms with van der Waals surface area (Å²) >= 11 is 0. The number of allylic oxidation sites excluding steroid dienone is 2. The van der Waals surface area contributed by atoms with E-state index >= 15 is 0 Å². The van der Waals surface area contributed by atoms with Gasteiger partial charge in [-0.1, -0.05) is 67.5 Å². The van der Waals surface area contributed by atoms with E-state index in [1.807, 2.05) is 7.11 Å². The fourth-order valence-electron chi connectivity index (χ4n) is 9.00. The topological polar surface area (TPSA) is 94.7 Å². The second kappa shape index (κ2) is 14.7. The lowest BCUT2D eigenvalue weighted by Gasteiger charge is -2.17. The highest BCUT2D eigenvalue weighted by atomic mass is 16.5. The first kappa shape index (κ1) is 35.6. The normalized spacial score (nSPS) is 15.3. The fraction of sp³-hybridized carbons (Fsp3) is 0.400. The number of hydrogen-bond donors (Lipinski definition) is 3. The van der Waals surface area contributed by atoms with Crippen LogP contribution in [0.15, 0.2) is 58.2 Å². The number of hydrogen-bond acceptors (Lipinski definition) is 4. The summed E-state index contributed by atoms with van der Waals surface area (Å²) < 4.78 is 6.48. The number of fused-ring (bicyclic) bond motifs is 15. The summed E-state index contributed by atoms with van der Waals surface area (Å²) in [6.07, 6.45) is 9.13. The molecule has 0 radical (unpaired) electrons. The molecule has 7 rings (SSSR count). The maximum absolute atomic E-state index is 6.48. The monoisotopic (exact) mass is 694 g/mol. The molecule has 0 aliphatic carbocycles. The van der Waals surface area contributed by atoms with Crippen molar-refractivity contribution in [2.45, 2.75) is 113 Å². The first-order chi connectivity index (χ1) is 25.4. The first-order valence-corrected chi connectivity index (χ1v) is 19.6. The third-order valence-electron chi connectivity index (χ3n) is 11.3. The number of nitrogens with one attached hydrogen (secondary N) is 3. The van der Waals surface area contributed by atoms with E-state index < -0.39 is 0 Å². The highest BCUT2D eigenvalue weighted by Crippen LogP contribution is 2.41. The highest BCUT2D eigenvalue weighted by Gasteiger charge is 2.31. The number of aromatic amines is 3. The largest absolute Gasteiger partial charge is 0.369 e. The van der Waals surface area contributed by atoms with Crippen LogP contribution in [0.4, 0.5) is 0 Å². The van der Waals surface area contributed by atoms with Gasteiger partial charge in [0, 0.05) is 12.8 Å². The van der Waals surface area contributed by atoms with E-state index in [0.717, 1.165) is 120 Å². The molecule has 0 saturated carbocycles. The first-order valence-electron chi connectivity index (χ1n) is 19.6. The van der Waals surface area contributed by atoms with Gasteiger partial charge in [-0.25, -0.2) is 15.0 Å². The van der Waals surface area contributed by atoms with Crippen LogP contribution in [0.3, 0.4) is 0 Å². The molecule has 2 aliphatic rings. The van der Waals surface area contributed by atoms with E-state index in [2.05, 4.69) is 113 Å². The Kier molecular flexibility index (Phi) is 10.1. The molecule has 12 bridgehead atoms. The van der Waals surface area contributed by atoms with Gasteiger partial charge >= 0.3 is 0 Å². The summed E-state index contributed by atoms with van der Waals surface area (Å²) in [6, 6.07) is 12.8. The SMILES string of the molecule is CCC1=C(CC)C2=NC1=Cc1[nH]c(c(CC)c1CC)-c1cccc(n1)-c1[nH]c(c(CC)c1CC)[C@@H](OC)c1[nH]c(c(CC)c1CC)-c1cccc2n1. The Hall–Kier alpha value is -4.75. The summed E-state index contributed by atoms with van der Waals surface area (Å²) in [7, 11) is 1.83. The molecule has 52 heavy (non-hydrogen) atoms. The Morgan fingerprint density at radius 2 is 0.962 bits per heavy atom. The highest BCUT2D eigenvalue weighted by molar-refractivity contribution is 6.15. The van der Waals surface area contributed by atoms with Crippen LogP contribution < -0.4 is 0 Å². The van der Waals surface area contributed by atoms with Gasteiger partial charge in [-0.15, -0.1) is 0 Å². The zero-order valence-electron chi connectivity index (χ0n) is 32.5. The Bertz CT molecular complexity index is 2230. The lowest BCUT2D eigenvalue weighted by molar-refractivity contribution is 0.129. The molecule has 270 valence electrons. The molecule has 5 aromatic heterocycles. The number of nitrogens with zero attached hydrogens (tertiary/aromatic N) is 3. The molecule has 0 fully saturated rings. The Balaban J connectivity index is 1.59. The molecule has 3 N–H and O–H groups in total. The van der Waals surface area contributed by atoms with Gasteiger partial charge in [-0.3, -0.25) is 0 Å². The van der Waals surface area contributed by atoms with Crippen LogP contribution in [-0.4, -0.2) is 37.7 Å². The maximum Gasteiger partial charge on any atom is 0.137 e. The van der Waals surface area contributed by atoms with Gasteiger partial charge < -0.3 is 19.7 Å². The predicted octanol–water partition coefficient (Wildman–Crippen LogP) is 10.8. The average Bonchev–Trinajstić information content (AvgIpc) is 3.94. The van der Waals surface area contributed by atoms with Crippen molar-refractivity contribution >= 4 is 11.8 Å². The molecule has 1 atom stereocenters. The van der Waals surface area contributed by atoms with Crippen LogP contribution in [0.1, 0.15) is 130 Å². The summed E-state index contributed by atoms with van der Waals surface area (Å²) in [6.45, 7) is 17.9. The molecular formula is C45H54N6O. The van der Waals surface area contributed by atoms with Crippen molar-refractivity contribution in [3.63, 3.8) is 0 Å². The molecule has 7 nitrogen and oxygen atoms in total. The minimum Gasteiger partial charge on any atom is -0.369 e. The van der Waals surface area contributed by atoms with Crippen molar-refractivity contribution < 1.29 is 4.74 Å². The average molecular weight is 695 g/mol. The standard InChI is InChI=1S/C45H54N6O/c1-10-25-27(12-3)39-33-20-18-22-35(46-33)41-29(14-5)31(16-7)43(50-41)45(52-9)44-32(17-8)30(15-6)42(51-44)36-23-19-21-34(47-36)40-28(13-4)26(11-2)38(49-40)24-37(25)48-39/h18-24,45,48,50-51H,10-17H2,1-9H3/t45-/m1/s1. The summed E-state index contributed by atoms with van der Waals surface area (Å²) in [5.74, 6) is 0. The molecular weight excluding hydrogens is 641 g/mol. The van der Waals surface area contributed by atoms with Crippen LogP contribution in [0.5, 0.6) is 0 Å². The van der Waals surface area contributed by atoms with Crippen molar-refractivity contribution in [3.05, 3.63) is 109 Å². The zero-order chi connectivity index (χ0) is 36.7. The lowest BCUT2D eigenvalue weighted by Crippen LogP contribution is -2.10. The van der Waals surface area contributed by atoms with Crippen LogP contribution in [-0.2, 0) is 43.3 Å². The number of H-pyrrole nitrogens is 3. The fourth-order valence-corrected chi connectivity index (χ4v) is 9.00. The number of rotatable bonds is 9. The van der Waals surface area contributed by atoms with Gasteiger partial charge in [-0.2, -0.15) is 0 Å². The van der Waals surface area contributed by atoms with Crippen LogP contribution >= 0.6 is 0 Å². The van der Waals surface area contributed by atoms with Crippen LogP contribution in [0, 0.1) is 0 Å². The molecule has 2 aliphatic heterocycles. The van der Waals surface area contributed by atoms with Crippen molar-refractivity contribution in [3.8, 4) is 34.2 Å². The lowest BCUT2D eigenvalue weighted by atomic mass is 9.95. The number of ether oxygens (including phenoxy) is 1. The summed E-state index contributed by atoms with van der Waals surface area (Å²) in [5, 5.41) is 0. The molecule has 7 heteroatoms. The number of aromatic nitrogens is 5. The molecule has 0 spiro atoms. The number of pyridine rings is 2. The molecule has 0 amide bonds. The second-order valence-electron chi connectivity index (χ2n) is 13.8. The van der Waals surface area contributed by atoms with Gasteiger partial charge in [-0.05, 0) is 126 Å². The zero-order valence-corrected chi connectivity index (χ0v) is 32.5. The Morgan fingerprint density at radius 1 is 0.519 bits per heavy atom. The van der Waals surface area contributed by atoms with Crippen molar-refractivity contribution in [1.29, 1.82) is 0 Å². The van der Waals surface area contributed by atoms with E-state index in [1.165, 1.54) is 44.5 Å². The maximum atomic E-state index is 6.48. The molecule has 5 aromatic rings. The quantitative estimate of drug-likeness (QED) is 0.143. The van der Waals surface area contributed by atoms with E-state index in [-0.39, 0.29) is 6.10 Å². The third-order valence-corrected chi connectivity index (χ3v) is 11.3. The third kappa shape index (κ3) is 5.65. The summed E-state index contributed by atoms with van der Waals surface area (Å²) in [4.78, 5) is 27.8. The minimum absolute atomic E-state index is 0.307. The van der Waals surface area contributed by atoms with E-state index in [9.17, 15) is 0 Å².